The lowest BCUT2D eigenvalue weighted by atomic mass is 9.88. The third-order valence-electron chi connectivity index (χ3n) is 2.71. The van der Waals surface area contributed by atoms with Crippen LogP contribution in [0.1, 0.15) is 26.2 Å². The van der Waals surface area contributed by atoms with Gasteiger partial charge in [-0.25, -0.2) is 0 Å². The number of β-amino-alcohol motifs (C(OH)–C–C–N with tert-alkyl or cyclic N) is 1. The number of nitrogens with two attached hydrogens (primary N) is 1. The Balaban J connectivity index is 2.39. The van der Waals surface area contributed by atoms with Crippen molar-refractivity contribution in [3.8, 4) is 0 Å². The van der Waals surface area contributed by atoms with Gasteiger partial charge in [0.2, 0.25) is 5.91 Å². The first kappa shape index (κ1) is 12.9. The van der Waals surface area contributed by atoms with Gasteiger partial charge in [0.1, 0.15) is 0 Å². The Labute approximate surface area is 94.0 Å². The van der Waals surface area contributed by atoms with Crippen molar-refractivity contribution in [2.45, 2.75) is 37.8 Å². The van der Waals surface area contributed by atoms with Crippen LogP contribution in [0.5, 0.6) is 0 Å². The molecule has 1 aliphatic rings. The number of likely N-dealkylation sites (tertiary alicyclic amines) is 1. The number of nitrogens with zero attached hydrogens (tertiary/aromatic N) is 1. The number of aliphatic hydroxyl groups is 1. The van der Waals surface area contributed by atoms with E-state index in [-0.39, 0.29) is 19.5 Å². The van der Waals surface area contributed by atoms with E-state index in [1.807, 2.05) is 6.92 Å². The van der Waals surface area contributed by atoms with Crippen LogP contribution in [0.25, 0.3) is 0 Å². The Kier molecular flexibility index (Phi) is 3.88. The highest BCUT2D eigenvalue weighted by Crippen LogP contribution is 2.26. The van der Waals surface area contributed by atoms with E-state index in [1.54, 1.807) is 0 Å². The molecule has 1 heterocycles. The molecule has 0 aromatic carbocycles. The molecule has 0 radical (unpaired) electrons. The third kappa shape index (κ3) is 2.93. The minimum atomic E-state index is -1.09. The Morgan fingerprint density at radius 3 is 2.50 bits per heavy atom. The lowest BCUT2D eigenvalue weighted by molar-refractivity contribution is -0.159. The molecule has 0 aromatic rings. The fraction of sp³-hybridized carbons (Fsp3) is 0.800. The zero-order chi connectivity index (χ0) is 12.3. The van der Waals surface area contributed by atoms with Crippen molar-refractivity contribution in [1.82, 2.24) is 4.90 Å². The Bertz CT molecular complexity index is 287. The second-order valence-corrected chi connectivity index (χ2v) is 4.37. The van der Waals surface area contributed by atoms with Crippen LogP contribution >= 0.6 is 0 Å². The van der Waals surface area contributed by atoms with E-state index in [4.69, 9.17) is 10.8 Å². The molecule has 0 aliphatic carbocycles. The van der Waals surface area contributed by atoms with Gasteiger partial charge in [-0.15, -0.1) is 0 Å². The molecule has 1 rings (SSSR count). The molecular formula is C10H18N2O4. The largest absolute Gasteiger partial charge is 0.481 e. The van der Waals surface area contributed by atoms with Gasteiger partial charge in [-0.3, -0.25) is 9.59 Å². The maximum Gasteiger partial charge on any atom is 0.305 e. The Morgan fingerprint density at radius 1 is 1.50 bits per heavy atom. The van der Waals surface area contributed by atoms with Crippen LogP contribution in [0.15, 0.2) is 0 Å². The number of carbonyl (C=O) groups excluding carboxylic acids is 1. The fourth-order valence-electron chi connectivity index (χ4n) is 1.95. The number of aliphatic carboxylic acids is 1. The molecule has 1 atom stereocenters. The molecule has 1 amide bonds. The molecule has 0 saturated carbocycles. The molecule has 1 fully saturated rings. The summed E-state index contributed by atoms with van der Waals surface area (Å²) >= 11 is 0. The van der Waals surface area contributed by atoms with E-state index >= 15 is 0 Å². The number of hydrogen-bond acceptors (Lipinski definition) is 4. The summed E-state index contributed by atoms with van der Waals surface area (Å²) in [7, 11) is 0. The molecule has 0 aromatic heterocycles. The van der Waals surface area contributed by atoms with Crippen molar-refractivity contribution in [3.63, 3.8) is 0 Å². The van der Waals surface area contributed by atoms with E-state index in [2.05, 4.69) is 0 Å². The molecule has 92 valence electrons. The normalized spacial score (nSPS) is 20.1. The maximum atomic E-state index is 11.6. The molecule has 6 heteroatoms. The van der Waals surface area contributed by atoms with E-state index in [0.29, 0.717) is 6.42 Å². The van der Waals surface area contributed by atoms with Gasteiger partial charge < -0.3 is 20.8 Å². The van der Waals surface area contributed by atoms with Crippen LogP contribution in [-0.4, -0.2) is 51.7 Å². The molecule has 0 bridgehead atoms. The highest BCUT2D eigenvalue weighted by atomic mass is 16.4. The molecule has 0 spiro atoms. The van der Waals surface area contributed by atoms with Gasteiger partial charge >= 0.3 is 5.97 Å². The summed E-state index contributed by atoms with van der Waals surface area (Å²) in [6.07, 6.45) is 1.12. The van der Waals surface area contributed by atoms with Gasteiger partial charge in [0.25, 0.3) is 0 Å². The van der Waals surface area contributed by atoms with Crippen LogP contribution in [-0.2, 0) is 9.59 Å². The van der Waals surface area contributed by atoms with Gasteiger partial charge in [0.05, 0.1) is 31.2 Å². The molecule has 16 heavy (non-hydrogen) atoms. The molecule has 4 N–H and O–H groups in total. The summed E-state index contributed by atoms with van der Waals surface area (Å²) in [6, 6.07) is -1.01. The average molecular weight is 230 g/mol. The summed E-state index contributed by atoms with van der Waals surface area (Å²) in [5, 5.41) is 18.3. The number of carbonyl (C=O) groups is 2. The summed E-state index contributed by atoms with van der Waals surface area (Å²) < 4.78 is 0. The van der Waals surface area contributed by atoms with Crippen molar-refractivity contribution >= 4 is 11.9 Å². The smallest absolute Gasteiger partial charge is 0.305 e. The first-order chi connectivity index (χ1) is 7.38. The standard InChI is InChI=1S/C10H18N2O4/c1-2-3-10(16)5-12(6-10)9(15)7(11)4-8(13)14/h7,16H,2-6,11H2,1H3,(H,13,14). The predicted octanol–water partition coefficient (Wildman–Crippen LogP) is -0.838. The lowest BCUT2D eigenvalue weighted by Crippen LogP contribution is -2.65. The van der Waals surface area contributed by atoms with Crippen LogP contribution in [0, 0.1) is 0 Å². The van der Waals surface area contributed by atoms with Crippen LogP contribution in [0.2, 0.25) is 0 Å². The summed E-state index contributed by atoms with van der Waals surface area (Å²) in [5.74, 6) is -1.49. The fourth-order valence-corrected chi connectivity index (χ4v) is 1.95. The SMILES string of the molecule is CCCC1(O)CN(C(=O)C(N)CC(=O)O)C1. The van der Waals surface area contributed by atoms with E-state index < -0.39 is 23.5 Å². The first-order valence-corrected chi connectivity index (χ1v) is 5.36. The molecule has 6 nitrogen and oxygen atoms in total. The summed E-state index contributed by atoms with van der Waals surface area (Å²) in [5.41, 5.74) is 4.64. The molecule has 1 unspecified atom stereocenters. The van der Waals surface area contributed by atoms with Gasteiger partial charge in [0, 0.05) is 0 Å². The van der Waals surface area contributed by atoms with E-state index in [1.165, 1.54) is 4.90 Å². The van der Waals surface area contributed by atoms with Crippen molar-refractivity contribution in [2.75, 3.05) is 13.1 Å². The van der Waals surface area contributed by atoms with Gasteiger partial charge in [0.15, 0.2) is 0 Å². The summed E-state index contributed by atoms with van der Waals surface area (Å²) in [6.45, 7) is 2.47. The summed E-state index contributed by atoms with van der Waals surface area (Å²) in [4.78, 5) is 23.4. The third-order valence-corrected chi connectivity index (χ3v) is 2.71. The van der Waals surface area contributed by atoms with Crippen LogP contribution in [0.4, 0.5) is 0 Å². The van der Waals surface area contributed by atoms with E-state index in [9.17, 15) is 14.7 Å². The van der Waals surface area contributed by atoms with Crippen molar-refractivity contribution in [3.05, 3.63) is 0 Å². The second-order valence-electron chi connectivity index (χ2n) is 4.37. The Morgan fingerprint density at radius 2 is 2.06 bits per heavy atom. The van der Waals surface area contributed by atoms with Gasteiger partial charge in [-0.2, -0.15) is 0 Å². The highest BCUT2D eigenvalue weighted by Gasteiger charge is 2.43. The predicted molar refractivity (Wildman–Crippen MR) is 56.7 cm³/mol. The Hall–Kier alpha value is -1.14. The van der Waals surface area contributed by atoms with Crippen molar-refractivity contribution < 1.29 is 19.8 Å². The number of carboxylic acids is 1. The number of carboxylic acid groups (broad SMARTS) is 1. The van der Waals surface area contributed by atoms with E-state index in [0.717, 1.165) is 6.42 Å². The number of rotatable bonds is 5. The van der Waals surface area contributed by atoms with Gasteiger partial charge in [-0.05, 0) is 6.42 Å². The number of hydrogen-bond donors (Lipinski definition) is 3. The van der Waals surface area contributed by atoms with Gasteiger partial charge in [-0.1, -0.05) is 13.3 Å². The lowest BCUT2D eigenvalue weighted by Gasteiger charge is -2.47. The zero-order valence-electron chi connectivity index (χ0n) is 9.35. The minimum Gasteiger partial charge on any atom is -0.481 e. The molecule has 1 aliphatic heterocycles. The van der Waals surface area contributed by atoms with Crippen molar-refractivity contribution in [2.24, 2.45) is 5.73 Å². The maximum absolute atomic E-state index is 11.6. The molecule has 1 saturated heterocycles. The zero-order valence-corrected chi connectivity index (χ0v) is 9.35. The highest BCUT2D eigenvalue weighted by molar-refractivity contribution is 5.86. The topological polar surface area (TPSA) is 104 Å². The second kappa shape index (κ2) is 4.80. The quantitative estimate of drug-likeness (QED) is 0.571. The van der Waals surface area contributed by atoms with Crippen LogP contribution in [0.3, 0.4) is 0 Å². The van der Waals surface area contributed by atoms with Crippen LogP contribution < -0.4 is 5.73 Å². The molecular weight excluding hydrogens is 212 g/mol. The monoisotopic (exact) mass is 230 g/mol. The van der Waals surface area contributed by atoms with Crippen molar-refractivity contribution in [1.29, 1.82) is 0 Å². The average Bonchev–Trinajstić information content (AvgIpc) is 2.12. The number of amides is 1. The minimum absolute atomic E-state index is 0.257. The first-order valence-electron chi connectivity index (χ1n) is 5.36.